The van der Waals surface area contributed by atoms with Crippen LogP contribution in [0.5, 0.6) is 0 Å². The Bertz CT molecular complexity index is 415. The Balaban J connectivity index is 2.08. The van der Waals surface area contributed by atoms with E-state index in [0.29, 0.717) is 24.7 Å². The highest BCUT2D eigenvalue weighted by Crippen LogP contribution is 2.56. The van der Waals surface area contributed by atoms with Crippen molar-refractivity contribution in [1.82, 2.24) is 9.80 Å². The number of carbonyl (C=O) groups excluding carboxylic acids is 2. The summed E-state index contributed by atoms with van der Waals surface area (Å²) < 4.78 is 26.7. The van der Waals surface area contributed by atoms with Crippen LogP contribution in [-0.2, 0) is 9.59 Å². The van der Waals surface area contributed by atoms with Gasteiger partial charge in [0.1, 0.15) is 12.0 Å². The van der Waals surface area contributed by atoms with E-state index in [2.05, 4.69) is 0 Å². The third-order valence-electron chi connectivity index (χ3n) is 4.20. The molecule has 1 saturated heterocycles. The minimum absolute atomic E-state index is 0.134. The summed E-state index contributed by atoms with van der Waals surface area (Å²) in [5.41, 5.74) is 0. The van der Waals surface area contributed by atoms with E-state index in [1.807, 2.05) is 13.8 Å². The number of halogens is 2. The summed E-state index contributed by atoms with van der Waals surface area (Å²) in [6, 6.07) is -0.587. The molecule has 7 heteroatoms. The van der Waals surface area contributed by atoms with E-state index >= 15 is 0 Å². The maximum absolute atomic E-state index is 13.4. The van der Waals surface area contributed by atoms with E-state index in [9.17, 15) is 18.4 Å². The Morgan fingerprint density at radius 3 is 2.35 bits per heavy atom. The van der Waals surface area contributed by atoms with Gasteiger partial charge in [-0.3, -0.25) is 9.59 Å². The van der Waals surface area contributed by atoms with Crippen molar-refractivity contribution in [2.75, 3.05) is 24.7 Å². The molecule has 0 aromatic carbocycles. The van der Waals surface area contributed by atoms with Crippen LogP contribution < -0.4 is 0 Å². The molecule has 114 valence electrons. The molecule has 1 saturated carbocycles. The first kappa shape index (κ1) is 15.5. The zero-order chi connectivity index (χ0) is 15.1. The van der Waals surface area contributed by atoms with Crippen LogP contribution in [0.1, 0.15) is 20.8 Å². The van der Waals surface area contributed by atoms with Crippen LogP contribution >= 0.6 is 11.8 Å². The van der Waals surface area contributed by atoms with Crippen molar-refractivity contribution in [2.24, 2.45) is 11.8 Å². The molecule has 4 nitrogen and oxygen atoms in total. The van der Waals surface area contributed by atoms with E-state index in [1.54, 1.807) is 4.90 Å². The minimum atomic E-state index is -2.91. The topological polar surface area (TPSA) is 40.6 Å². The van der Waals surface area contributed by atoms with Gasteiger partial charge in [0.2, 0.25) is 11.8 Å². The van der Waals surface area contributed by atoms with Crippen LogP contribution in [0.3, 0.4) is 0 Å². The average Bonchev–Trinajstić information content (AvgIpc) is 2.81. The molecule has 1 aliphatic carbocycles. The lowest BCUT2D eigenvalue weighted by Gasteiger charge is -2.28. The van der Waals surface area contributed by atoms with Crippen LogP contribution in [0.25, 0.3) is 0 Å². The third kappa shape index (κ3) is 2.40. The van der Waals surface area contributed by atoms with Crippen molar-refractivity contribution in [3.63, 3.8) is 0 Å². The van der Waals surface area contributed by atoms with E-state index in [1.165, 1.54) is 23.6 Å². The van der Waals surface area contributed by atoms with Crippen molar-refractivity contribution in [1.29, 1.82) is 0 Å². The summed E-state index contributed by atoms with van der Waals surface area (Å²) in [5.74, 6) is -4.95. The molecule has 20 heavy (non-hydrogen) atoms. The van der Waals surface area contributed by atoms with Gasteiger partial charge in [0, 0.05) is 24.8 Å². The number of rotatable bonds is 4. The molecule has 0 spiro atoms. The molecule has 0 radical (unpaired) electrons. The molecule has 0 unspecified atom stereocenters. The van der Waals surface area contributed by atoms with Crippen molar-refractivity contribution in [2.45, 2.75) is 32.7 Å². The highest BCUT2D eigenvalue weighted by Gasteiger charge is 2.70. The zero-order valence-corrected chi connectivity index (χ0v) is 12.8. The fourth-order valence-corrected chi connectivity index (χ4v) is 3.80. The van der Waals surface area contributed by atoms with Crippen molar-refractivity contribution < 1.29 is 18.4 Å². The molecular formula is C13H20F2N2O2S. The van der Waals surface area contributed by atoms with Gasteiger partial charge < -0.3 is 9.80 Å². The predicted octanol–water partition coefficient (Wildman–Crippen LogP) is 1.66. The normalized spacial score (nSPS) is 31.2. The van der Waals surface area contributed by atoms with Crippen molar-refractivity contribution in [3.05, 3.63) is 0 Å². The maximum Gasteiger partial charge on any atom is 0.263 e. The summed E-state index contributed by atoms with van der Waals surface area (Å²) in [7, 11) is 0. The molecule has 1 heterocycles. The molecular weight excluding hydrogens is 286 g/mol. The second-order valence-electron chi connectivity index (χ2n) is 5.28. The van der Waals surface area contributed by atoms with Gasteiger partial charge in [-0.25, -0.2) is 8.78 Å². The van der Waals surface area contributed by atoms with Gasteiger partial charge >= 0.3 is 0 Å². The maximum atomic E-state index is 13.4. The van der Waals surface area contributed by atoms with Gasteiger partial charge in [0.05, 0.1) is 5.88 Å². The lowest BCUT2D eigenvalue weighted by molar-refractivity contribution is -0.145. The number of amides is 2. The molecule has 2 aliphatic rings. The zero-order valence-electron chi connectivity index (χ0n) is 11.9. The number of likely N-dealkylation sites (N-methyl/N-ethyl adjacent to an activating group) is 1. The Kier molecular flexibility index (Phi) is 4.27. The molecule has 0 aromatic rings. The Labute approximate surface area is 121 Å². The standard InChI is InChI=1S/C13H20F2N2O2S/c1-4-16(5-2)11(18)9-6-20-7-17(9)12(19)10-8(3)13(10,14)15/h8-10H,4-7H2,1-3H3/t8-,9+,10+/m1/s1. The quantitative estimate of drug-likeness (QED) is 0.793. The lowest BCUT2D eigenvalue weighted by atomic mass is 10.2. The summed E-state index contributed by atoms with van der Waals surface area (Å²) in [5, 5.41) is 0. The van der Waals surface area contributed by atoms with Gasteiger partial charge in [0.25, 0.3) is 5.92 Å². The summed E-state index contributed by atoms with van der Waals surface area (Å²) >= 11 is 1.44. The van der Waals surface area contributed by atoms with E-state index < -0.39 is 29.7 Å². The molecule has 2 fully saturated rings. The summed E-state index contributed by atoms with van der Waals surface area (Å²) in [4.78, 5) is 27.5. The summed E-state index contributed by atoms with van der Waals surface area (Å²) in [6.45, 7) is 6.25. The number of hydrogen-bond donors (Lipinski definition) is 0. The van der Waals surface area contributed by atoms with Crippen LogP contribution in [-0.4, -0.2) is 58.3 Å². The number of thioether (sulfide) groups is 1. The Morgan fingerprint density at radius 2 is 1.90 bits per heavy atom. The number of carbonyl (C=O) groups is 2. The molecule has 1 aliphatic heterocycles. The first-order valence-electron chi connectivity index (χ1n) is 6.91. The largest absolute Gasteiger partial charge is 0.341 e. The molecule has 0 bridgehead atoms. The monoisotopic (exact) mass is 306 g/mol. The van der Waals surface area contributed by atoms with Gasteiger partial charge in [-0.05, 0) is 13.8 Å². The molecule has 3 atom stereocenters. The second-order valence-corrected chi connectivity index (χ2v) is 6.27. The fraction of sp³-hybridized carbons (Fsp3) is 0.846. The van der Waals surface area contributed by atoms with Crippen LogP contribution in [0.2, 0.25) is 0 Å². The summed E-state index contributed by atoms with van der Waals surface area (Å²) in [6.07, 6.45) is 0. The number of nitrogens with zero attached hydrogens (tertiary/aromatic N) is 2. The van der Waals surface area contributed by atoms with Crippen LogP contribution in [0.15, 0.2) is 0 Å². The van der Waals surface area contributed by atoms with Gasteiger partial charge in [0.15, 0.2) is 0 Å². The predicted molar refractivity (Wildman–Crippen MR) is 73.5 cm³/mol. The SMILES string of the molecule is CCN(CC)C(=O)[C@@H]1CSCN1C(=O)[C@@H]1[C@@H](C)C1(F)F. The van der Waals surface area contributed by atoms with E-state index in [-0.39, 0.29) is 5.91 Å². The third-order valence-corrected chi connectivity index (χ3v) is 5.22. The van der Waals surface area contributed by atoms with E-state index in [0.717, 1.165) is 0 Å². The average molecular weight is 306 g/mol. The smallest absolute Gasteiger partial charge is 0.263 e. The number of alkyl halides is 2. The molecule has 2 amide bonds. The molecule has 2 rings (SSSR count). The fourth-order valence-electron chi connectivity index (χ4n) is 2.65. The van der Waals surface area contributed by atoms with Gasteiger partial charge in [-0.15, -0.1) is 11.8 Å². The van der Waals surface area contributed by atoms with Gasteiger partial charge in [-0.1, -0.05) is 6.92 Å². The molecule has 0 N–H and O–H groups in total. The van der Waals surface area contributed by atoms with Crippen molar-refractivity contribution >= 4 is 23.6 Å². The lowest BCUT2D eigenvalue weighted by Crippen LogP contribution is -2.49. The second kappa shape index (κ2) is 5.50. The minimum Gasteiger partial charge on any atom is -0.341 e. The highest BCUT2D eigenvalue weighted by molar-refractivity contribution is 7.99. The highest BCUT2D eigenvalue weighted by atomic mass is 32.2. The van der Waals surface area contributed by atoms with Crippen molar-refractivity contribution in [3.8, 4) is 0 Å². The first-order chi connectivity index (χ1) is 9.36. The van der Waals surface area contributed by atoms with Crippen LogP contribution in [0.4, 0.5) is 8.78 Å². The first-order valence-corrected chi connectivity index (χ1v) is 8.06. The molecule has 0 aromatic heterocycles. The van der Waals surface area contributed by atoms with Crippen LogP contribution in [0, 0.1) is 11.8 Å². The van der Waals surface area contributed by atoms with E-state index in [4.69, 9.17) is 0 Å². The Morgan fingerprint density at radius 1 is 1.35 bits per heavy atom. The van der Waals surface area contributed by atoms with Gasteiger partial charge in [-0.2, -0.15) is 0 Å². The Hall–Kier alpha value is -0.850. The number of hydrogen-bond acceptors (Lipinski definition) is 3.